The molecule has 0 amide bonds. The number of benzene rings is 1. The summed E-state index contributed by atoms with van der Waals surface area (Å²) in [6, 6.07) is 4.93. The van der Waals surface area contributed by atoms with Crippen LogP contribution in [0.1, 0.15) is 32.4 Å². The first-order valence-corrected chi connectivity index (χ1v) is 6.25. The van der Waals surface area contributed by atoms with E-state index < -0.39 is 6.10 Å². The van der Waals surface area contributed by atoms with Crippen LogP contribution in [0.4, 0.5) is 10.1 Å². The van der Waals surface area contributed by atoms with Crippen LogP contribution in [-0.4, -0.2) is 30.4 Å². The Labute approximate surface area is 107 Å². The van der Waals surface area contributed by atoms with Crippen LogP contribution in [0.3, 0.4) is 0 Å². The van der Waals surface area contributed by atoms with Crippen molar-refractivity contribution in [2.75, 3.05) is 24.7 Å². The Balaban J connectivity index is 2.47. The van der Waals surface area contributed by atoms with E-state index in [0.717, 1.165) is 5.69 Å². The molecule has 1 fully saturated rings. The zero-order valence-corrected chi connectivity index (χ0v) is 11.1. The standard InChI is InChI=1S/C14H20FNO2/c1-10(17)13-11(15)5-4-6-12(13)16-7-8-18-9-14(16,2)3/h4-6,10,17H,7-9H2,1-3H3/t10-/m0/s1. The van der Waals surface area contributed by atoms with E-state index in [0.29, 0.717) is 25.3 Å². The quantitative estimate of drug-likeness (QED) is 0.879. The molecule has 0 aliphatic carbocycles. The van der Waals surface area contributed by atoms with E-state index >= 15 is 0 Å². The lowest BCUT2D eigenvalue weighted by molar-refractivity contribution is 0.0638. The topological polar surface area (TPSA) is 32.7 Å². The fourth-order valence-electron chi connectivity index (χ4n) is 2.48. The van der Waals surface area contributed by atoms with Gasteiger partial charge in [0.1, 0.15) is 5.82 Å². The Morgan fingerprint density at radius 3 is 2.78 bits per heavy atom. The molecule has 2 rings (SSSR count). The summed E-state index contributed by atoms with van der Waals surface area (Å²) in [7, 11) is 0. The molecule has 0 unspecified atom stereocenters. The Kier molecular flexibility index (Phi) is 3.59. The fraction of sp³-hybridized carbons (Fsp3) is 0.571. The minimum Gasteiger partial charge on any atom is -0.389 e. The summed E-state index contributed by atoms with van der Waals surface area (Å²) in [5, 5.41) is 9.79. The third-order valence-corrected chi connectivity index (χ3v) is 3.38. The summed E-state index contributed by atoms with van der Waals surface area (Å²) >= 11 is 0. The van der Waals surface area contributed by atoms with Crippen molar-refractivity contribution in [1.82, 2.24) is 0 Å². The Morgan fingerprint density at radius 2 is 2.17 bits per heavy atom. The molecule has 3 nitrogen and oxygen atoms in total. The van der Waals surface area contributed by atoms with Crippen LogP contribution in [-0.2, 0) is 4.74 Å². The van der Waals surface area contributed by atoms with Gasteiger partial charge in [-0.05, 0) is 32.9 Å². The van der Waals surface area contributed by atoms with Gasteiger partial charge in [-0.3, -0.25) is 0 Å². The van der Waals surface area contributed by atoms with Crippen molar-refractivity contribution in [3.63, 3.8) is 0 Å². The number of aliphatic hydroxyl groups is 1. The zero-order valence-electron chi connectivity index (χ0n) is 11.1. The molecule has 1 aromatic rings. The average molecular weight is 253 g/mol. The van der Waals surface area contributed by atoms with Gasteiger partial charge in [-0.1, -0.05) is 6.07 Å². The normalized spacial score (nSPS) is 20.8. The number of ether oxygens (including phenoxy) is 1. The lowest BCUT2D eigenvalue weighted by atomic mass is 9.98. The molecule has 4 heteroatoms. The van der Waals surface area contributed by atoms with Gasteiger partial charge in [-0.2, -0.15) is 0 Å². The smallest absolute Gasteiger partial charge is 0.131 e. The molecule has 1 aromatic carbocycles. The Bertz CT molecular complexity index is 432. The Hall–Kier alpha value is -1.13. The number of halogens is 1. The van der Waals surface area contributed by atoms with Crippen molar-refractivity contribution in [3.8, 4) is 0 Å². The highest BCUT2D eigenvalue weighted by atomic mass is 19.1. The van der Waals surface area contributed by atoms with Crippen molar-refractivity contribution < 1.29 is 14.2 Å². The first-order valence-electron chi connectivity index (χ1n) is 6.25. The van der Waals surface area contributed by atoms with Crippen LogP contribution in [0.2, 0.25) is 0 Å². The van der Waals surface area contributed by atoms with Crippen LogP contribution in [0.15, 0.2) is 18.2 Å². The zero-order chi connectivity index (χ0) is 13.3. The molecule has 0 spiro atoms. The van der Waals surface area contributed by atoms with Gasteiger partial charge in [0.15, 0.2) is 0 Å². The van der Waals surface area contributed by atoms with Crippen molar-refractivity contribution in [2.24, 2.45) is 0 Å². The van der Waals surface area contributed by atoms with E-state index in [-0.39, 0.29) is 11.4 Å². The highest BCUT2D eigenvalue weighted by Gasteiger charge is 2.33. The molecule has 1 heterocycles. The number of anilines is 1. The lowest BCUT2D eigenvalue weighted by Gasteiger charge is -2.44. The van der Waals surface area contributed by atoms with Crippen molar-refractivity contribution >= 4 is 5.69 Å². The second-order valence-electron chi connectivity index (χ2n) is 5.37. The molecule has 0 saturated carbocycles. The summed E-state index contributed by atoms with van der Waals surface area (Å²) < 4.78 is 19.4. The van der Waals surface area contributed by atoms with Crippen molar-refractivity contribution in [2.45, 2.75) is 32.4 Å². The molecule has 0 bridgehead atoms. The maximum Gasteiger partial charge on any atom is 0.131 e. The first-order chi connectivity index (χ1) is 8.43. The summed E-state index contributed by atoms with van der Waals surface area (Å²) in [6.07, 6.45) is -0.820. The van der Waals surface area contributed by atoms with Gasteiger partial charge in [0.2, 0.25) is 0 Å². The number of morpholine rings is 1. The van der Waals surface area contributed by atoms with Crippen LogP contribution in [0.25, 0.3) is 0 Å². The first kappa shape index (κ1) is 13.3. The molecule has 1 aliphatic heterocycles. The van der Waals surface area contributed by atoms with E-state index in [1.165, 1.54) is 6.07 Å². The molecule has 100 valence electrons. The summed E-state index contributed by atoms with van der Waals surface area (Å²) in [5.41, 5.74) is 0.932. The van der Waals surface area contributed by atoms with Gasteiger partial charge in [-0.15, -0.1) is 0 Å². The monoisotopic (exact) mass is 253 g/mol. The van der Waals surface area contributed by atoms with E-state index in [2.05, 4.69) is 18.7 Å². The van der Waals surface area contributed by atoms with E-state index in [9.17, 15) is 9.50 Å². The van der Waals surface area contributed by atoms with Crippen molar-refractivity contribution in [1.29, 1.82) is 0 Å². The second-order valence-corrected chi connectivity index (χ2v) is 5.37. The molecule has 1 saturated heterocycles. The van der Waals surface area contributed by atoms with E-state index in [1.54, 1.807) is 13.0 Å². The van der Waals surface area contributed by atoms with Crippen molar-refractivity contribution in [3.05, 3.63) is 29.6 Å². The molecule has 1 atom stereocenters. The number of aliphatic hydroxyl groups excluding tert-OH is 1. The van der Waals surface area contributed by atoms with Gasteiger partial charge in [0.05, 0.1) is 24.9 Å². The van der Waals surface area contributed by atoms with Gasteiger partial charge in [0, 0.05) is 17.8 Å². The Morgan fingerprint density at radius 1 is 1.44 bits per heavy atom. The molecule has 1 aliphatic rings. The second kappa shape index (κ2) is 4.86. The summed E-state index contributed by atoms with van der Waals surface area (Å²) in [5.74, 6) is -0.357. The third kappa shape index (κ3) is 2.35. The van der Waals surface area contributed by atoms with E-state index in [1.807, 2.05) is 6.07 Å². The number of hydrogen-bond donors (Lipinski definition) is 1. The predicted molar refractivity (Wildman–Crippen MR) is 69.3 cm³/mol. The molecule has 0 radical (unpaired) electrons. The van der Waals surface area contributed by atoms with Crippen LogP contribution < -0.4 is 4.90 Å². The highest BCUT2D eigenvalue weighted by molar-refractivity contribution is 5.57. The van der Waals surface area contributed by atoms with Gasteiger partial charge in [0.25, 0.3) is 0 Å². The SMILES string of the molecule is C[C@H](O)c1c(F)cccc1N1CCOCC1(C)C. The van der Waals surface area contributed by atoms with Gasteiger partial charge >= 0.3 is 0 Å². The predicted octanol–water partition coefficient (Wildman–Crippen LogP) is 2.49. The molecule has 1 N–H and O–H groups in total. The summed E-state index contributed by atoms with van der Waals surface area (Å²) in [6.45, 7) is 7.64. The minimum absolute atomic E-state index is 0.199. The third-order valence-electron chi connectivity index (χ3n) is 3.38. The lowest BCUT2D eigenvalue weighted by Crippen LogP contribution is -2.53. The van der Waals surface area contributed by atoms with Crippen LogP contribution in [0.5, 0.6) is 0 Å². The molecule has 18 heavy (non-hydrogen) atoms. The average Bonchev–Trinajstić information content (AvgIpc) is 2.27. The number of nitrogens with zero attached hydrogens (tertiary/aromatic N) is 1. The van der Waals surface area contributed by atoms with Crippen LogP contribution >= 0.6 is 0 Å². The number of rotatable bonds is 2. The van der Waals surface area contributed by atoms with Gasteiger partial charge < -0.3 is 14.7 Å². The van der Waals surface area contributed by atoms with Gasteiger partial charge in [-0.25, -0.2) is 4.39 Å². The summed E-state index contributed by atoms with van der Waals surface area (Å²) in [4.78, 5) is 2.11. The minimum atomic E-state index is -0.820. The highest BCUT2D eigenvalue weighted by Crippen LogP contribution is 2.34. The number of hydrogen-bond acceptors (Lipinski definition) is 3. The largest absolute Gasteiger partial charge is 0.389 e. The van der Waals surface area contributed by atoms with E-state index in [4.69, 9.17) is 4.74 Å². The van der Waals surface area contributed by atoms with Crippen LogP contribution in [0, 0.1) is 5.82 Å². The molecular weight excluding hydrogens is 233 g/mol. The molecule has 0 aromatic heterocycles. The maximum absolute atomic E-state index is 13.9. The maximum atomic E-state index is 13.9. The fourth-order valence-corrected chi connectivity index (χ4v) is 2.48. The molecular formula is C14H20FNO2.